The molecule has 4 aromatic rings. The van der Waals surface area contributed by atoms with E-state index in [1.165, 1.54) is 35.1 Å². The minimum absolute atomic E-state index is 0.00315. The molecule has 1 atom stereocenters. The minimum atomic E-state index is -0.835. The molecule has 0 fully saturated rings. The van der Waals surface area contributed by atoms with Gasteiger partial charge in [0.1, 0.15) is 12.4 Å². The lowest BCUT2D eigenvalue weighted by Gasteiger charge is -2.25. The zero-order chi connectivity index (χ0) is 34.7. The van der Waals surface area contributed by atoms with Crippen LogP contribution in [0.3, 0.4) is 0 Å². The van der Waals surface area contributed by atoms with Gasteiger partial charge in [-0.1, -0.05) is 17.4 Å². The highest BCUT2D eigenvalue weighted by molar-refractivity contribution is 14.1. The molecule has 0 radical (unpaired) electrons. The van der Waals surface area contributed by atoms with Crippen LogP contribution in [0, 0.1) is 17.3 Å². The van der Waals surface area contributed by atoms with E-state index in [9.17, 15) is 19.7 Å². The maximum atomic E-state index is 14.3. The standard InChI is InChI=1S/C34H31I2N3O8S/c1-6-45-33(41)29-19(4)37-34-38(30(29)21-9-12-26(47-18(2)3)27(14-21)44-5)32(40)28(48-34)15-22-13-23(35)16-25(36)31(22)46-17-20-7-10-24(11-8-20)39(42)43/h7-16,18,30H,6,17H2,1-5H3/b28-15+/t30-/m1/s1. The summed E-state index contributed by atoms with van der Waals surface area (Å²) in [4.78, 5) is 43.4. The summed E-state index contributed by atoms with van der Waals surface area (Å²) in [5, 5.41) is 11.1. The second kappa shape index (κ2) is 15.2. The maximum absolute atomic E-state index is 14.3. The van der Waals surface area contributed by atoms with Crippen molar-refractivity contribution in [3.8, 4) is 17.2 Å². The Bertz CT molecular complexity index is 2110. The number of rotatable bonds is 11. The first-order valence-electron chi connectivity index (χ1n) is 14.8. The van der Waals surface area contributed by atoms with Crippen molar-refractivity contribution in [2.24, 2.45) is 4.99 Å². The lowest BCUT2D eigenvalue weighted by molar-refractivity contribution is -0.384. The summed E-state index contributed by atoms with van der Waals surface area (Å²) < 4.78 is 26.9. The number of nitro benzene ring substituents is 1. The number of thiazole rings is 1. The smallest absolute Gasteiger partial charge is 0.338 e. The van der Waals surface area contributed by atoms with Crippen LogP contribution in [0.1, 0.15) is 50.4 Å². The van der Waals surface area contributed by atoms with Crippen LogP contribution in [0.25, 0.3) is 6.08 Å². The zero-order valence-electron chi connectivity index (χ0n) is 26.6. The molecule has 0 bridgehead atoms. The number of halogens is 2. The van der Waals surface area contributed by atoms with Crippen molar-refractivity contribution < 1.29 is 28.7 Å². The number of benzene rings is 3. The normalized spacial score (nSPS) is 14.4. The highest BCUT2D eigenvalue weighted by Gasteiger charge is 2.34. The Balaban J connectivity index is 1.63. The van der Waals surface area contributed by atoms with Crippen molar-refractivity contribution in [2.75, 3.05) is 13.7 Å². The third-order valence-corrected chi connectivity index (χ3v) is 9.64. The molecule has 0 aliphatic carbocycles. The monoisotopic (exact) mass is 895 g/mol. The summed E-state index contributed by atoms with van der Waals surface area (Å²) >= 11 is 5.60. The van der Waals surface area contributed by atoms with Crippen LogP contribution in [0.2, 0.25) is 0 Å². The number of fused-ring (bicyclic) bond motifs is 1. The Morgan fingerprint density at radius 3 is 2.50 bits per heavy atom. The molecule has 0 saturated heterocycles. The summed E-state index contributed by atoms with van der Waals surface area (Å²) in [6, 6.07) is 14.5. The van der Waals surface area contributed by atoms with Crippen LogP contribution < -0.4 is 29.1 Å². The fourth-order valence-electron chi connectivity index (χ4n) is 5.16. The number of nitrogens with zero attached hydrogens (tertiary/aromatic N) is 3. The van der Waals surface area contributed by atoms with Crippen LogP contribution >= 0.6 is 56.5 Å². The number of non-ortho nitro benzene ring substituents is 1. The van der Waals surface area contributed by atoms with Crippen molar-refractivity contribution in [3.05, 3.63) is 120 Å². The van der Waals surface area contributed by atoms with Gasteiger partial charge in [0.2, 0.25) is 0 Å². The Hall–Kier alpha value is -3.77. The lowest BCUT2D eigenvalue weighted by Crippen LogP contribution is -2.40. The van der Waals surface area contributed by atoms with Gasteiger partial charge in [-0.15, -0.1) is 0 Å². The van der Waals surface area contributed by atoms with E-state index >= 15 is 0 Å². The Kier molecular flexibility index (Phi) is 11.2. The number of hydrogen-bond donors (Lipinski definition) is 0. The molecule has 48 heavy (non-hydrogen) atoms. The van der Waals surface area contributed by atoms with E-state index in [2.05, 4.69) is 50.2 Å². The number of carbonyl (C=O) groups excluding carboxylic acids is 1. The molecular weight excluding hydrogens is 864 g/mol. The molecule has 1 aliphatic rings. The van der Waals surface area contributed by atoms with Gasteiger partial charge in [0.25, 0.3) is 11.2 Å². The Morgan fingerprint density at radius 2 is 1.85 bits per heavy atom. The van der Waals surface area contributed by atoms with Crippen molar-refractivity contribution in [2.45, 2.75) is 46.4 Å². The average Bonchev–Trinajstić information content (AvgIpc) is 3.33. The molecule has 0 N–H and O–H groups in total. The Morgan fingerprint density at radius 1 is 1.12 bits per heavy atom. The van der Waals surface area contributed by atoms with Crippen molar-refractivity contribution in [3.63, 3.8) is 0 Å². The topological polar surface area (TPSA) is 131 Å². The zero-order valence-corrected chi connectivity index (χ0v) is 31.7. The number of nitro groups is 1. The molecular formula is C34H31I2N3O8S. The van der Waals surface area contributed by atoms with Crippen molar-refractivity contribution in [1.29, 1.82) is 0 Å². The van der Waals surface area contributed by atoms with Crippen LogP contribution in [0.4, 0.5) is 5.69 Å². The quantitative estimate of drug-likeness (QED) is 0.0744. The van der Waals surface area contributed by atoms with Gasteiger partial charge in [0, 0.05) is 21.3 Å². The van der Waals surface area contributed by atoms with Gasteiger partial charge in [-0.25, -0.2) is 9.79 Å². The highest BCUT2D eigenvalue weighted by Crippen LogP contribution is 2.37. The molecule has 1 aromatic heterocycles. The minimum Gasteiger partial charge on any atom is -0.493 e. The lowest BCUT2D eigenvalue weighted by atomic mass is 9.95. The number of methoxy groups -OCH3 is 1. The van der Waals surface area contributed by atoms with Gasteiger partial charge in [-0.05, 0) is 126 Å². The molecule has 11 nitrogen and oxygen atoms in total. The van der Waals surface area contributed by atoms with E-state index < -0.39 is 16.9 Å². The summed E-state index contributed by atoms with van der Waals surface area (Å²) in [7, 11) is 1.54. The summed E-state index contributed by atoms with van der Waals surface area (Å²) in [6.07, 6.45) is 1.67. The molecule has 0 saturated carbocycles. The number of ether oxygens (including phenoxy) is 4. The number of aromatic nitrogens is 1. The molecule has 250 valence electrons. The van der Waals surface area contributed by atoms with Gasteiger partial charge in [0.05, 0.1) is 50.2 Å². The molecule has 3 aromatic carbocycles. The first kappa shape index (κ1) is 35.5. The highest BCUT2D eigenvalue weighted by atomic mass is 127. The van der Waals surface area contributed by atoms with Crippen LogP contribution in [0.5, 0.6) is 17.2 Å². The largest absolute Gasteiger partial charge is 0.493 e. The number of carbonyl (C=O) groups is 1. The van der Waals surface area contributed by atoms with Gasteiger partial charge < -0.3 is 18.9 Å². The van der Waals surface area contributed by atoms with Crippen molar-refractivity contribution in [1.82, 2.24) is 4.57 Å². The van der Waals surface area contributed by atoms with Gasteiger partial charge in [0.15, 0.2) is 16.3 Å². The van der Waals surface area contributed by atoms with E-state index in [1.54, 1.807) is 44.2 Å². The third-order valence-electron chi connectivity index (χ3n) is 7.24. The third kappa shape index (κ3) is 7.59. The summed E-state index contributed by atoms with van der Waals surface area (Å²) in [5.74, 6) is 1.00. The second-order valence-corrected chi connectivity index (χ2v) is 14.3. The molecule has 1 aliphatic heterocycles. The molecule has 0 unspecified atom stereocenters. The van der Waals surface area contributed by atoms with Gasteiger partial charge in [-0.2, -0.15) is 0 Å². The predicted octanol–water partition coefficient (Wildman–Crippen LogP) is 6.29. The molecule has 0 spiro atoms. The number of allylic oxidation sites excluding steroid dienone is 1. The fraction of sp³-hybridized carbons (Fsp3) is 0.265. The predicted molar refractivity (Wildman–Crippen MR) is 198 cm³/mol. The van der Waals surface area contributed by atoms with Crippen LogP contribution in [-0.4, -0.2) is 35.3 Å². The second-order valence-electron chi connectivity index (χ2n) is 10.9. The first-order chi connectivity index (χ1) is 22.9. The molecule has 14 heteroatoms. The van der Waals surface area contributed by atoms with Gasteiger partial charge >= 0.3 is 5.97 Å². The summed E-state index contributed by atoms with van der Waals surface area (Å²) in [5.41, 5.74) is 2.42. The maximum Gasteiger partial charge on any atom is 0.338 e. The summed E-state index contributed by atoms with van der Waals surface area (Å²) in [6.45, 7) is 7.61. The molecule has 5 rings (SSSR count). The van der Waals surface area contributed by atoms with Crippen molar-refractivity contribution >= 4 is 74.3 Å². The van der Waals surface area contributed by atoms with Crippen LogP contribution in [-0.2, 0) is 16.1 Å². The first-order valence-corrected chi connectivity index (χ1v) is 17.8. The average molecular weight is 896 g/mol. The van der Waals surface area contributed by atoms with E-state index in [0.29, 0.717) is 43.4 Å². The Labute approximate surface area is 307 Å². The molecule has 2 heterocycles. The fourth-order valence-corrected chi connectivity index (χ4v) is 8.25. The number of esters is 1. The van der Waals surface area contributed by atoms with E-state index in [0.717, 1.165) is 12.7 Å². The SMILES string of the molecule is CCOC(=O)C1=C(C)N=c2s/c(=C/c3cc(I)cc(I)c3OCc3ccc([N+](=O)[O-])cc3)c(=O)n2[C@@H]1c1ccc(OC(C)C)c(OC)c1. The van der Waals surface area contributed by atoms with E-state index in [1.807, 2.05) is 32.0 Å². The van der Waals surface area contributed by atoms with E-state index in [-0.39, 0.29) is 36.1 Å². The van der Waals surface area contributed by atoms with Crippen LogP contribution in [0.15, 0.2) is 75.7 Å². The molecule has 0 amide bonds. The van der Waals surface area contributed by atoms with Gasteiger partial charge in [-0.3, -0.25) is 19.5 Å². The number of hydrogen-bond acceptors (Lipinski definition) is 10. The van der Waals surface area contributed by atoms with E-state index in [4.69, 9.17) is 18.9 Å².